The van der Waals surface area contributed by atoms with Crippen LogP contribution >= 0.6 is 0 Å². The van der Waals surface area contributed by atoms with Crippen molar-refractivity contribution in [3.05, 3.63) is 24.4 Å². The number of fused-ring (bicyclic) bond motifs is 3. The van der Waals surface area contributed by atoms with Crippen LogP contribution in [-0.2, 0) is 0 Å². The van der Waals surface area contributed by atoms with E-state index in [0.29, 0.717) is 0 Å². The second-order valence-corrected chi connectivity index (χ2v) is 3.28. The third-order valence-electron chi connectivity index (χ3n) is 2.48. The Balaban J connectivity index is 2.34. The topological polar surface area (TPSA) is 39.9 Å². The van der Waals surface area contributed by atoms with Gasteiger partial charge in [0.05, 0.1) is 11.4 Å². The zero-order chi connectivity index (χ0) is 8.67. The third kappa shape index (κ3) is 0.900. The predicted octanol–water partition coefficient (Wildman–Crippen LogP) is 2.01. The second kappa shape index (κ2) is 2.42. The summed E-state index contributed by atoms with van der Waals surface area (Å²) in [6.07, 6.45) is 1.97. The van der Waals surface area contributed by atoms with Crippen molar-refractivity contribution >= 4 is 22.3 Å². The molecule has 0 atom stereocenters. The molecule has 3 nitrogen and oxygen atoms in total. The summed E-state index contributed by atoms with van der Waals surface area (Å²) >= 11 is 0. The van der Waals surface area contributed by atoms with Gasteiger partial charge in [-0.25, -0.2) is 0 Å². The highest BCUT2D eigenvalue weighted by molar-refractivity contribution is 5.99. The lowest BCUT2D eigenvalue weighted by molar-refractivity contribution is 1.05. The minimum absolute atomic E-state index is 0.997. The van der Waals surface area contributed by atoms with Gasteiger partial charge in [-0.2, -0.15) is 0 Å². The van der Waals surface area contributed by atoms with Crippen molar-refractivity contribution in [2.75, 3.05) is 23.7 Å². The molecule has 2 aromatic rings. The average Bonchev–Trinajstić information content (AvgIpc) is 2.65. The molecule has 0 bridgehead atoms. The first kappa shape index (κ1) is 6.83. The quantitative estimate of drug-likeness (QED) is 0.570. The van der Waals surface area contributed by atoms with Crippen LogP contribution < -0.4 is 10.6 Å². The van der Waals surface area contributed by atoms with Crippen LogP contribution in [0.4, 0.5) is 11.4 Å². The minimum Gasteiger partial charge on any atom is -0.382 e. The first-order valence-electron chi connectivity index (χ1n) is 4.53. The molecule has 2 heterocycles. The Bertz CT molecular complexity index is 444. The first-order chi connectivity index (χ1) is 6.45. The predicted molar refractivity (Wildman–Crippen MR) is 55.3 cm³/mol. The van der Waals surface area contributed by atoms with Crippen LogP contribution in [0, 0.1) is 0 Å². The molecular weight excluding hydrogens is 162 g/mol. The van der Waals surface area contributed by atoms with Crippen molar-refractivity contribution in [1.82, 2.24) is 4.98 Å². The van der Waals surface area contributed by atoms with Gasteiger partial charge in [-0.3, -0.25) is 0 Å². The van der Waals surface area contributed by atoms with Gasteiger partial charge in [0.1, 0.15) is 0 Å². The van der Waals surface area contributed by atoms with Crippen LogP contribution in [0.15, 0.2) is 24.4 Å². The zero-order valence-electron chi connectivity index (χ0n) is 7.22. The lowest BCUT2D eigenvalue weighted by Crippen LogP contribution is -2.20. The largest absolute Gasteiger partial charge is 0.382 e. The number of H-pyrrole nitrogens is 1. The lowest BCUT2D eigenvalue weighted by atomic mass is 10.1. The fourth-order valence-electron chi connectivity index (χ4n) is 1.86. The number of benzene rings is 1. The summed E-state index contributed by atoms with van der Waals surface area (Å²) in [7, 11) is 0. The molecule has 1 aromatic heterocycles. The normalized spacial score (nSPS) is 14.8. The Morgan fingerprint density at radius 2 is 1.92 bits per heavy atom. The molecule has 1 aliphatic rings. The minimum atomic E-state index is 0.997. The summed E-state index contributed by atoms with van der Waals surface area (Å²) in [6.45, 7) is 2.00. The molecule has 0 radical (unpaired) electrons. The maximum atomic E-state index is 3.41. The maximum Gasteiger partial charge on any atom is 0.0671 e. The van der Waals surface area contributed by atoms with E-state index in [0.717, 1.165) is 13.1 Å². The molecule has 0 amide bonds. The van der Waals surface area contributed by atoms with E-state index >= 15 is 0 Å². The van der Waals surface area contributed by atoms with E-state index < -0.39 is 0 Å². The molecule has 66 valence electrons. The van der Waals surface area contributed by atoms with E-state index in [1.54, 1.807) is 0 Å². The van der Waals surface area contributed by atoms with Gasteiger partial charge in [0.15, 0.2) is 0 Å². The Morgan fingerprint density at radius 3 is 2.92 bits per heavy atom. The van der Waals surface area contributed by atoms with E-state index in [4.69, 9.17) is 0 Å². The molecule has 0 unspecified atom stereocenters. The maximum absolute atomic E-state index is 3.41. The number of anilines is 2. The van der Waals surface area contributed by atoms with Crippen molar-refractivity contribution in [2.24, 2.45) is 0 Å². The Morgan fingerprint density at radius 1 is 1.00 bits per heavy atom. The van der Waals surface area contributed by atoms with Crippen LogP contribution in [-0.4, -0.2) is 18.1 Å². The molecule has 3 rings (SSSR count). The molecule has 0 saturated heterocycles. The van der Waals surface area contributed by atoms with Gasteiger partial charge in [0.2, 0.25) is 0 Å². The van der Waals surface area contributed by atoms with Gasteiger partial charge in [0.25, 0.3) is 0 Å². The summed E-state index contributed by atoms with van der Waals surface area (Å²) in [4.78, 5) is 3.20. The summed E-state index contributed by atoms with van der Waals surface area (Å²) in [5, 5.41) is 8.05. The highest BCUT2D eigenvalue weighted by Crippen LogP contribution is 2.32. The summed E-state index contributed by atoms with van der Waals surface area (Å²) < 4.78 is 0. The molecular formula is C10H11N3. The van der Waals surface area contributed by atoms with E-state index in [1.165, 1.54) is 22.3 Å². The zero-order valence-corrected chi connectivity index (χ0v) is 7.22. The van der Waals surface area contributed by atoms with E-state index in [9.17, 15) is 0 Å². The van der Waals surface area contributed by atoms with Crippen LogP contribution in [0.25, 0.3) is 10.9 Å². The molecule has 1 aromatic carbocycles. The van der Waals surface area contributed by atoms with E-state index in [1.807, 2.05) is 6.20 Å². The molecule has 0 aliphatic carbocycles. The van der Waals surface area contributed by atoms with Gasteiger partial charge in [-0.05, 0) is 18.2 Å². The number of nitrogens with one attached hydrogen (secondary N) is 3. The second-order valence-electron chi connectivity index (χ2n) is 3.28. The van der Waals surface area contributed by atoms with Gasteiger partial charge >= 0.3 is 0 Å². The number of hydrogen-bond donors (Lipinski definition) is 3. The average molecular weight is 173 g/mol. The molecule has 0 fully saturated rings. The van der Waals surface area contributed by atoms with E-state index in [-0.39, 0.29) is 0 Å². The van der Waals surface area contributed by atoms with Gasteiger partial charge in [-0.1, -0.05) is 0 Å². The van der Waals surface area contributed by atoms with Crippen LogP contribution in [0.5, 0.6) is 0 Å². The van der Waals surface area contributed by atoms with Crippen LogP contribution in [0.1, 0.15) is 0 Å². The first-order valence-corrected chi connectivity index (χ1v) is 4.53. The van der Waals surface area contributed by atoms with E-state index in [2.05, 4.69) is 33.8 Å². The summed E-state index contributed by atoms with van der Waals surface area (Å²) in [5.41, 5.74) is 3.62. The molecule has 3 heteroatoms. The van der Waals surface area contributed by atoms with Crippen molar-refractivity contribution in [3.8, 4) is 0 Å². The smallest absolute Gasteiger partial charge is 0.0671 e. The molecule has 0 spiro atoms. The molecule has 1 aliphatic heterocycles. The van der Waals surface area contributed by atoms with Crippen LogP contribution in [0.3, 0.4) is 0 Å². The Kier molecular flexibility index (Phi) is 1.27. The standard InChI is InChI=1S/C10H11N3/c1-2-9-10(13-6-5-12-9)7-3-4-11-8(1)7/h1-4,11-13H,5-6H2. The van der Waals surface area contributed by atoms with Crippen LogP contribution in [0.2, 0.25) is 0 Å². The van der Waals surface area contributed by atoms with Crippen molar-refractivity contribution < 1.29 is 0 Å². The molecule has 0 saturated carbocycles. The highest BCUT2D eigenvalue weighted by Gasteiger charge is 2.10. The Labute approximate surface area is 76.1 Å². The fraction of sp³-hybridized carbons (Fsp3) is 0.200. The SMILES string of the molecule is c1cc2c3c(ccc2[nH]1)NCCN3. The fourth-order valence-corrected chi connectivity index (χ4v) is 1.86. The van der Waals surface area contributed by atoms with Gasteiger partial charge in [0, 0.05) is 30.2 Å². The monoisotopic (exact) mass is 173 g/mol. The highest BCUT2D eigenvalue weighted by atomic mass is 15.0. The summed E-state index contributed by atoms with van der Waals surface area (Å²) in [5.74, 6) is 0. The number of hydrogen-bond acceptors (Lipinski definition) is 2. The summed E-state index contributed by atoms with van der Waals surface area (Å²) in [6, 6.07) is 6.32. The molecule has 3 N–H and O–H groups in total. The number of aromatic nitrogens is 1. The van der Waals surface area contributed by atoms with Gasteiger partial charge < -0.3 is 15.6 Å². The number of aromatic amines is 1. The molecule has 13 heavy (non-hydrogen) atoms. The van der Waals surface area contributed by atoms with Crippen molar-refractivity contribution in [2.45, 2.75) is 0 Å². The van der Waals surface area contributed by atoms with Gasteiger partial charge in [-0.15, -0.1) is 0 Å². The van der Waals surface area contributed by atoms with Crippen molar-refractivity contribution in [3.63, 3.8) is 0 Å². The number of rotatable bonds is 0. The lowest BCUT2D eigenvalue weighted by Gasteiger charge is -2.20. The Hall–Kier alpha value is -1.64. The van der Waals surface area contributed by atoms with Crippen molar-refractivity contribution in [1.29, 1.82) is 0 Å². The third-order valence-corrected chi connectivity index (χ3v) is 2.48.